The van der Waals surface area contributed by atoms with Crippen molar-refractivity contribution < 1.29 is 46.2 Å². The molecule has 228 valence electrons. The number of nitrogens with one attached hydrogen (secondary N) is 2. The van der Waals surface area contributed by atoms with Crippen LogP contribution in [0.2, 0.25) is 0 Å². The fourth-order valence-corrected chi connectivity index (χ4v) is 5.47. The third-order valence-electron chi connectivity index (χ3n) is 6.30. The molecule has 2 heterocycles. The summed E-state index contributed by atoms with van der Waals surface area (Å²) in [4.78, 5) is 41.0. The van der Waals surface area contributed by atoms with Gasteiger partial charge in [0.2, 0.25) is 0 Å². The highest BCUT2D eigenvalue weighted by atomic mass is 32.2. The molecule has 0 radical (unpaired) electrons. The van der Waals surface area contributed by atoms with Gasteiger partial charge in [-0.15, -0.1) is 24.9 Å². The predicted molar refractivity (Wildman–Crippen MR) is 146 cm³/mol. The van der Waals surface area contributed by atoms with Crippen LogP contribution in [0.25, 0.3) is 0 Å². The molecule has 4 rings (SSSR count). The van der Waals surface area contributed by atoms with Gasteiger partial charge in [-0.2, -0.15) is 0 Å². The summed E-state index contributed by atoms with van der Waals surface area (Å²) in [7, 11) is 0. The number of benzene rings is 2. The minimum Gasteiger partial charge on any atom is -0.444 e. The lowest BCUT2D eigenvalue weighted by Crippen LogP contribution is -2.50. The first kappa shape index (κ1) is 31.4. The fourth-order valence-electron chi connectivity index (χ4n) is 4.40. The first-order valence-corrected chi connectivity index (χ1v) is 14.2. The second-order valence-corrected chi connectivity index (χ2v) is 11.8. The minimum absolute atomic E-state index is 0.0347. The van der Waals surface area contributed by atoms with Crippen molar-refractivity contribution in [3.63, 3.8) is 0 Å². The molecule has 2 aliphatic rings. The molecule has 2 aromatic carbocycles. The second-order valence-electron chi connectivity index (χ2n) is 10.8. The zero-order valence-electron chi connectivity index (χ0n) is 23.2. The SMILES string of the molecule is CC(C)(C)OC(=O)N[C@H]1CSc2cc(F)c(C(=O)NC3CCOCC3)cc2N(Cc2ccc(OC(F)(F)F)cc2)C1=O. The summed E-state index contributed by atoms with van der Waals surface area (Å²) >= 11 is 1.11. The van der Waals surface area contributed by atoms with Crippen molar-refractivity contribution in [1.29, 1.82) is 0 Å². The van der Waals surface area contributed by atoms with E-state index in [0.717, 1.165) is 30.0 Å². The Bertz CT molecular complexity index is 1310. The second kappa shape index (κ2) is 12.8. The van der Waals surface area contributed by atoms with Gasteiger partial charge in [-0.3, -0.25) is 9.59 Å². The number of amides is 3. The van der Waals surface area contributed by atoms with Crippen molar-refractivity contribution >= 4 is 35.4 Å². The van der Waals surface area contributed by atoms with E-state index < -0.39 is 47.5 Å². The molecule has 0 saturated carbocycles. The molecule has 3 amide bonds. The topological polar surface area (TPSA) is 106 Å². The molecule has 0 aliphatic carbocycles. The molecule has 0 unspecified atom stereocenters. The number of thioether (sulfide) groups is 1. The maximum atomic E-state index is 15.2. The summed E-state index contributed by atoms with van der Waals surface area (Å²) in [6, 6.07) is 6.07. The van der Waals surface area contributed by atoms with Gasteiger partial charge in [0.1, 0.15) is 23.2 Å². The molecule has 2 aromatic rings. The van der Waals surface area contributed by atoms with E-state index in [1.165, 1.54) is 23.1 Å². The zero-order valence-corrected chi connectivity index (χ0v) is 24.0. The zero-order chi connectivity index (χ0) is 30.7. The average Bonchev–Trinajstić information content (AvgIpc) is 3.00. The fraction of sp³-hybridized carbons (Fsp3) is 0.464. The van der Waals surface area contributed by atoms with E-state index in [9.17, 15) is 27.6 Å². The number of alkyl halides is 3. The molecule has 14 heteroatoms. The van der Waals surface area contributed by atoms with Crippen molar-refractivity contribution in [2.24, 2.45) is 0 Å². The van der Waals surface area contributed by atoms with Crippen molar-refractivity contribution in [2.75, 3.05) is 23.9 Å². The largest absolute Gasteiger partial charge is 0.573 e. The first-order valence-electron chi connectivity index (χ1n) is 13.2. The Kier molecular flexibility index (Phi) is 9.56. The number of nitrogens with zero attached hydrogens (tertiary/aromatic N) is 1. The van der Waals surface area contributed by atoms with Crippen molar-refractivity contribution in [1.82, 2.24) is 10.6 Å². The molecular weight excluding hydrogens is 582 g/mol. The van der Waals surface area contributed by atoms with Crippen LogP contribution >= 0.6 is 11.8 Å². The quantitative estimate of drug-likeness (QED) is 0.434. The van der Waals surface area contributed by atoms with Gasteiger partial charge < -0.3 is 29.7 Å². The maximum absolute atomic E-state index is 15.2. The van der Waals surface area contributed by atoms with Crippen LogP contribution in [0.15, 0.2) is 41.3 Å². The van der Waals surface area contributed by atoms with Crippen LogP contribution < -0.4 is 20.3 Å². The van der Waals surface area contributed by atoms with Crippen LogP contribution in [0.4, 0.5) is 28.0 Å². The number of rotatable bonds is 6. The molecule has 2 aliphatic heterocycles. The highest BCUT2D eigenvalue weighted by Gasteiger charge is 2.35. The Morgan fingerprint density at radius 3 is 2.36 bits per heavy atom. The summed E-state index contributed by atoms with van der Waals surface area (Å²) in [6.07, 6.45) is -4.55. The third kappa shape index (κ3) is 8.51. The number of halogens is 4. The van der Waals surface area contributed by atoms with E-state index in [4.69, 9.17) is 9.47 Å². The molecule has 1 atom stereocenters. The summed E-state index contributed by atoms with van der Waals surface area (Å²) in [5.74, 6) is -2.42. The molecular formula is C28H31F4N3O6S. The Labute approximate surface area is 244 Å². The van der Waals surface area contributed by atoms with E-state index in [1.807, 2.05) is 0 Å². The number of fused-ring (bicyclic) bond motifs is 1. The molecule has 9 nitrogen and oxygen atoms in total. The summed E-state index contributed by atoms with van der Waals surface area (Å²) in [5.41, 5.74) is -0.466. The van der Waals surface area contributed by atoms with Crippen molar-refractivity contribution in [3.05, 3.63) is 53.3 Å². The molecule has 1 fully saturated rings. The maximum Gasteiger partial charge on any atom is 0.573 e. The lowest BCUT2D eigenvalue weighted by molar-refractivity contribution is -0.274. The van der Waals surface area contributed by atoms with Gasteiger partial charge >= 0.3 is 12.5 Å². The number of carbonyl (C=O) groups excluding carboxylic acids is 3. The van der Waals surface area contributed by atoms with E-state index in [2.05, 4.69) is 15.4 Å². The van der Waals surface area contributed by atoms with Crippen LogP contribution in [0.1, 0.15) is 49.5 Å². The van der Waals surface area contributed by atoms with Crippen LogP contribution in [0, 0.1) is 5.82 Å². The van der Waals surface area contributed by atoms with Crippen molar-refractivity contribution in [2.45, 2.75) is 69.1 Å². The van der Waals surface area contributed by atoms with Gasteiger partial charge in [-0.05, 0) is 63.4 Å². The molecule has 0 aromatic heterocycles. The van der Waals surface area contributed by atoms with E-state index in [-0.39, 0.29) is 29.6 Å². The number of anilines is 1. The average molecular weight is 614 g/mol. The van der Waals surface area contributed by atoms with Gasteiger partial charge in [0, 0.05) is 29.9 Å². The molecule has 0 spiro atoms. The van der Waals surface area contributed by atoms with E-state index >= 15 is 4.39 Å². The number of ether oxygens (including phenoxy) is 3. The summed E-state index contributed by atoms with van der Waals surface area (Å²) < 4.78 is 67.6. The van der Waals surface area contributed by atoms with Crippen LogP contribution in [-0.4, -0.2) is 60.9 Å². The third-order valence-corrected chi connectivity index (χ3v) is 7.44. The molecule has 0 bridgehead atoms. The van der Waals surface area contributed by atoms with Gasteiger partial charge in [0.05, 0.1) is 17.8 Å². The minimum atomic E-state index is -4.87. The van der Waals surface area contributed by atoms with Gasteiger partial charge in [-0.25, -0.2) is 9.18 Å². The number of hydrogen-bond donors (Lipinski definition) is 2. The Morgan fingerprint density at radius 2 is 1.74 bits per heavy atom. The van der Waals surface area contributed by atoms with E-state index in [1.54, 1.807) is 20.8 Å². The smallest absolute Gasteiger partial charge is 0.444 e. The lowest BCUT2D eigenvalue weighted by Gasteiger charge is -2.28. The van der Waals surface area contributed by atoms with Crippen LogP contribution in [-0.2, 0) is 20.8 Å². The van der Waals surface area contributed by atoms with Crippen LogP contribution in [0.5, 0.6) is 5.75 Å². The number of alkyl carbamates (subject to hydrolysis) is 1. The van der Waals surface area contributed by atoms with Gasteiger partial charge in [0.25, 0.3) is 11.8 Å². The Morgan fingerprint density at radius 1 is 1.07 bits per heavy atom. The molecule has 1 saturated heterocycles. The van der Waals surface area contributed by atoms with E-state index in [0.29, 0.717) is 36.5 Å². The monoisotopic (exact) mass is 613 g/mol. The first-order chi connectivity index (χ1) is 19.7. The van der Waals surface area contributed by atoms with Gasteiger partial charge in [0.15, 0.2) is 0 Å². The van der Waals surface area contributed by atoms with Gasteiger partial charge in [-0.1, -0.05) is 12.1 Å². The lowest BCUT2D eigenvalue weighted by atomic mass is 10.1. The summed E-state index contributed by atoms with van der Waals surface area (Å²) in [6.45, 7) is 5.78. The van der Waals surface area contributed by atoms with Crippen LogP contribution in [0.3, 0.4) is 0 Å². The number of hydrogen-bond acceptors (Lipinski definition) is 7. The highest BCUT2D eigenvalue weighted by molar-refractivity contribution is 7.99. The molecule has 2 N–H and O–H groups in total. The molecule has 42 heavy (non-hydrogen) atoms. The number of carbonyl (C=O) groups is 3. The normalized spacial score (nSPS) is 18.1. The Hall–Kier alpha value is -3.52. The highest BCUT2D eigenvalue weighted by Crippen LogP contribution is 2.38. The summed E-state index contributed by atoms with van der Waals surface area (Å²) in [5, 5.41) is 5.36. The Balaban J connectivity index is 1.66. The van der Waals surface area contributed by atoms with Crippen molar-refractivity contribution in [3.8, 4) is 5.75 Å². The standard InChI is InChI=1S/C28H31F4N3O6S/c1-27(2,3)41-26(38)34-21-15-42-23-13-20(29)19(24(36)33-17-8-10-39-11-9-17)12-22(23)35(25(21)37)14-16-4-6-18(7-5-16)40-28(30,31)32/h4-7,12-13,17,21H,8-11,14-15H2,1-3H3,(H,33,36)(H,34,38)/t21-/m0/s1. The predicted octanol–water partition coefficient (Wildman–Crippen LogP) is 5.17.